The molecule has 1 aliphatic rings. The molecule has 0 bridgehead atoms. The lowest BCUT2D eigenvalue weighted by Crippen LogP contribution is -2.00. The molecular formula is C15H13ClFNO. The van der Waals surface area contributed by atoms with E-state index in [-0.39, 0.29) is 5.82 Å². The zero-order valence-corrected chi connectivity index (χ0v) is 11.0. The maximum absolute atomic E-state index is 13.7. The van der Waals surface area contributed by atoms with Crippen LogP contribution in [0.2, 0.25) is 5.02 Å². The highest BCUT2D eigenvalue weighted by Crippen LogP contribution is 2.39. The van der Waals surface area contributed by atoms with E-state index in [1.807, 2.05) is 12.1 Å². The topological polar surface area (TPSA) is 35.2 Å². The smallest absolute Gasteiger partial charge is 0.130 e. The number of hydrogen-bond acceptors (Lipinski definition) is 2. The molecule has 1 heterocycles. The SMILES string of the molecule is NCc1cc(Cl)ccc1-c1cc(F)cc2c1OCC2. The molecule has 2 N–H and O–H groups in total. The average molecular weight is 278 g/mol. The summed E-state index contributed by atoms with van der Waals surface area (Å²) >= 11 is 5.97. The summed E-state index contributed by atoms with van der Waals surface area (Å²) in [5, 5.41) is 0.623. The first-order chi connectivity index (χ1) is 9.19. The lowest BCUT2D eigenvalue weighted by Gasteiger charge is -2.12. The van der Waals surface area contributed by atoms with Crippen molar-refractivity contribution >= 4 is 11.6 Å². The molecule has 0 radical (unpaired) electrons. The Morgan fingerprint density at radius 2 is 2.05 bits per heavy atom. The van der Waals surface area contributed by atoms with Crippen LogP contribution in [0.5, 0.6) is 5.75 Å². The number of fused-ring (bicyclic) bond motifs is 1. The Kier molecular flexibility index (Phi) is 3.17. The highest BCUT2D eigenvalue weighted by atomic mass is 35.5. The Labute approximate surface area is 115 Å². The molecule has 0 atom stereocenters. The van der Waals surface area contributed by atoms with E-state index in [1.165, 1.54) is 12.1 Å². The van der Waals surface area contributed by atoms with Gasteiger partial charge in [0.2, 0.25) is 0 Å². The lowest BCUT2D eigenvalue weighted by atomic mass is 9.96. The van der Waals surface area contributed by atoms with Crippen molar-refractivity contribution in [2.75, 3.05) is 6.61 Å². The minimum atomic E-state index is -0.253. The van der Waals surface area contributed by atoms with Gasteiger partial charge in [0.15, 0.2) is 0 Å². The number of benzene rings is 2. The fourth-order valence-electron chi connectivity index (χ4n) is 2.46. The molecule has 0 fully saturated rings. The van der Waals surface area contributed by atoms with Gasteiger partial charge in [-0.25, -0.2) is 4.39 Å². The molecule has 0 saturated carbocycles. The summed E-state index contributed by atoms with van der Waals surface area (Å²) in [5.41, 5.74) is 9.18. The fourth-order valence-corrected chi connectivity index (χ4v) is 2.66. The Hall–Kier alpha value is -1.58. The maximum atomic E-state index is 13.7. The molecule has 19 heavy (non-hydrogen) atoms. The molecule has 98 valence electrons. The molecule has 0 spiro atoms. The van der Waals surface area contributed by atoms with Gasteiger partial charge < -0.3 is 10.5 Å². The lowest BCUT2D eigenvalue weighted by molar-refractivity contribution is 0.358. The molecule has 4 heteroatoms. The first-order valence-corrected chi connectivity index (χ1v) is 6.51. The number of halogens is 2. The van der Waals surface area contributed by atoms with Gasteiger partial charge in [-0.05, 0) is 35.4 Å². The Bertz CT molecular complexity index is 642. The van der Waals surface area contributed by atoms with Gasteiger partial charge in [-0.3, -0.25) is 0 Å². The quantitative estimate of drug-likeness (QED) is 0.911. The van der Waals surface area contributed by atoms with Gasteiger partial charge in [-0.1, -0.05) is 17.7 Å². The largest absolute Gasteiger partial charge is 0.492 e. The minimum absolute atomic E-state index is 0.253. The minimum Gasteiger partial charge on any atom is -0.492 e. The zero-order valence-electron chi connectivity index (χ0n) is 10.2. The summed E-state index contributed by atoms with van der Waals surface area (Å²) in [5.74, 6) is 0.510. The van der Waals surface area contributed by atoms with E-state index >= 15 is 0 Å². The maximum Gasteiger partial charge on any atom is 0.130 e. The molecule has 0 amide bonds. The first-order valence-electron chi connectivity index (χ1n) is 6.13. The highest BCUT2D eigenvalue weighted by Gasteiger charge is 2.20. The third-order valence-corrected chi connectivity index (χ3v) is 3.56. The zero-order chi connectivity index (χ0) is 13.4. The van der Waals surface area contributed by atoms with Crippen molar-refractivity contribution in [3.8, 4) is 16.9 Å². The van der Waals surface area contributed by atoms with E-state index in [0.29, 0.717) is 18.2 Å². The monoisotopic (exact) mass is 277 g/mol. The van der Waals surface area contributed by atoms with Crippen molar-refractivity contribution in [3.63, 3.8) is 0 Å². The van der Waals surface area contributed by atoms with Crippen molar-refractivity contribution in [1.82, 2.24) is 0 Å². The van der Waals surface area contributed by atoms with E-state index in [0.717, 1.165) is 34.4 Å². The summed E-state index contributed by atoms with van der Waals surface area (Å²) in [6, 6.07) is 8.48. The van der Waals surface area contributed by atoms with Gasteiger partial charge >= 0.3 is 0 Å². The van der Waals surface area contributed by atoms with Gasteiger partial charge in [0, 0.05) is 29.1 Å². The van der Waals surface area contributed by atoms with Crippen molar-refractivity contribution in [1.29, 1.82) is 0 Å². The number of ether oxygens (including phenoxy) is 1. The predicted molar refractivity (Wildman–Crippen MR) is 73.9 cm³/mol. The van der Waals surface area contributed by atoms with E-state index in [4.69, 9.17) is 22.1 Å². The molecule has 1 aliphatic heterocycles. The molecule has 3 rings (SSSR count). The number of nitrogens with two attached hydrogens (primary N) is 1. The van der Waals surface area contributed by atoms with Crippen LogP contribution in [-0.2, 0) is 13.0 Å². The van der Waals surface area contributed by atoms with Crippen LogP contribution < -0.4 is 10.5 Å². The summed E-state index contributed by atoms with van der Waals surface area (Å²) in [6.45, 7) is 0.943. The summed E-state index contributed by atoms with van der Waals surface area (Å²) in [6.07, 6.45) is 0.742. The van der Waals surface area contributed by atoms with Gasteiger partial charge in [0.1, 0.15) is 11.6 Å². The van der Waals surface area contributed by atoms with Crippen LogP contribution in [0.15, 0.2) is 30.3 Å². The van der Waals surface area contributed by atoms with E-state index in [1.54, 1.807) is 6.07 Å². The van der Waals surface area contributed by atoms with Crippen molar-refractivity contribution in [2.24, 2.45) is 5.73 Å². The summed E-state index contributed by atoms with van der Waals surface area (Å²) < 4.78 is 19.3. The second-order valence-electron chi connectivity index (χ2n) is 4.55. The molecule has 2 nitrogen and oxygen atoms in total. The van der Waals surface area contributed by atoms with Crippen LogP contribution in [0, 0.1) is 5.82 Å². The number of hydrogen-bond donors (Lipinski definition) is 1. The van der Waals surface area contributed by atoms with Gasteiger partial charge in [-0.2, -0.15) is 0 Å². The van der Waals surface area contributed by atoms with Crippen LogP contribution in [0.3, 0.4) is 0 Å². The van der Waals surface area contributed by atoms with Crippen LogP contribution >= 0.6 is 11.6 Å². The second kappa shape index (κ2) is 4.83. The van der Waals surface area contributed by atoms with Crippen molar-refractivity contribution in [2.45, 2.75) is 13.0 Å². The summed E-state index contributed by atoms with van der Waals surface area (Å²) in [4.78, 5) is 0. The molecule has 0 aromatic heterocycles. The normalized spacial score (nSPS) is 13.2. The van der Waals surface area contributed by atoms with E-state index in [9.17, 15) is 4.39 Å². The van der Waals surface area contributed by atoms with Gasteiger partial charge in [0.25, 0.3) is 0 Å². The van der Waals surface area contributed by atoms with Crippen LogP contribution in [0.4, 0.5) is 4.39 Å². The Balaban J connectivity index is 2.22. The Morgan fingerprint density at radius 1 is 1.21 bits per heavy atom. The van der Waals surface area contributed by atoms with Crippen LogP contribution in [-0.4, -0.2) is 6.61 Å². The van der Waals surface area contributed by atoms with Gasteiger partial charge in [-0.15, -0.1) is 0 Å². The molecule has 0 unspecified atom stereocenters. The predicted octanol–water partition coefficient (Wildman–Crippen LogP) is 3.54. The third-order valence-electron chi connectivity index (χ3n) is 3.33. The average Bonchev–Trinajstić information content (AvgIpc) is 2.85. The molecule has 0 saturated heterocycles. The second-order valence-corrected chi connectivity index (χ2v) is 4.98. The fraction of sp³-hybridized carbons (Fsp3) is 0.200. The van der Waals surface area contributed by atoms with Crippen LogP contribution in [0.25, 0.3) is 11.1 Å². The first kappa shape index (κ1) is 12.5. The van der Waals surface area contributed by atoms with Crippen molar-refractivity contribution < 1.29 is 9.13 Å². The summed E-state index contributed by atoms with van der Waals surface area (Å²) in [7, 11) is 0. The molecule has 2 aromatic carbocycles. The Morgan fingerprint density at radius 3 is 2.84 bits per heavy atom. The third kappa shape index (κ3) is 2.20. The number of rotatable bonds is 2. The van der Waals surface area contributed by atoms with Gasteiger partial charge in [0.05, 0.1) is 6.61 Å². The standard InChI is InChI=1S/C15H13ClFNO/c16-11-1-2-13(10(5-11)8-18)14-7-12(17)6-9-3-4-19-15(9)14/h1-2,5-7H,3-4,8,18H2. The highest BCUT2D eigenvalue weighted by molar-refractivity contribution is 6.30. The van der Waals surface area contributed by atoms with Crippen molar-refractivity contribution in [3.05, 3.63) is 52.3 Å². The van der Waals surface area contributed by atoms with E-state index in [2.05, 4.69) is 0 Å². The molecule has 0 aliphatic carbocycles. The molecule has 2 aromatic rings. The van der Waals surface area contributed by atoms with Crippen LogP contribution in [0.1, 0.15) is 11.1 Å². The molecular weight excluding hydrogens is 265 g/mol. The van der Waals surface area contributed by atoms with E-state index < -0.39 is 0 Å².